The third-order valence-corrected chi connectivity index (χ3v) is 11.5. The van der Waals surface area contributed by atoms with Gasteiger partial charge in [0.05, 0.1) is 45.3 Å². The summed E-state index contributed by atoms with van der Waals surface area (Å²) in [5.41, 5.74) is 1.49. The van der Waals surface area contributed by atoms with Crippen LogP contribution in [0, 0.1) is 0 Å². The minimum Gasteiger partial charge on any atom is -0.496 e. The molecule has 3 aromatic carbocycles. The molecule has 318 valence electrons. The van der Waals surface area contributed by atoms with Crippen LogP contribution >= 0.6 is 23.1 Å². The van der Waals surface area contributed by atoms with Gasteiger partial charge in [-0.05, 0) is 88.6 Å². The van der Waals surface area contributed by atoms with Gasteiger partial charge in [-0.2, -0.15) is 0 Å². The third kappa shape index (κ3) is 11.4. The van der Waals surface area contributed by atoms with Crippen LogP contribution in [0.3, 0.4) is 0 Å². The number of carbonyl (C=O) groups is 5. The molecule has 1 unspecified atom stereocenters. The van der Waals surface area contributed by atoms with Crippen molar-refractivity contribution in [2.45, 2.75) is 69.8 Å². The van der Waals surface area contributed by atoms with Crippen LogP contribution in [0.25, 0.3) is 6.08 Å². The van der Waals surface area contributed by atoms with Crippen LogP contribution < -0.4 is 30.2 Å². The van der Waals surface area contributed by atoms with Crippen LogP contribution in [-0.4, -0.2) is 80.0 Å². The summed E-state index contributed by atoms with van der Waals surface area (Å²) >= 11 is 2.53. The van der Waals surface area contributed by atoms with E-state index in [1.165, 1.54) is 50.5 Å². The number of benzene rings is 3. The number of anilines is 2. The zero-order valence-electron chi connectivity index (χ0n) is 34.9. The van der Waals surface area contributed by atoms with Gasteiger partial charge in [0.25, 0.3) is 11.8 Å². The number of ether oxygens (including phenoxy) is 5. The third-order valence-electron chi connectivity index (χ3n) is 9.02. The van der Waals surface area contributed by atoms with Gasteiger partial charge in [-0.15, -0.1) is 23.1 Å². The number of hydrogen-bond donors (Lipinski definition) is 3. The second-order valence-corrected chi connectivity index (χ2v) is 16.8. The normalized spacial score (nSPS) is 13.0. The fourth-order valence-corrected chi connectivity index (χ4v) is 8.45. The second-order valence-electron chi connectivity index (χ2n) is 14.4. The Hall–Kier alpha value is -6.00. The Labute approximate surface area is 357 Å². The molecular weight excluding hydrogens is 809 g/mol. The minimum atomic E-state index is -0.665. The largest absolute Gasteiger partial charge is 0.496 e. The molecule has 60 heavy (non-hydrogen) atoms. The molecule has 0 bridgehead atoms. The van der Waals surface area contributed by atoms with Gasteiger partial charge in [0.15, 0.2) is 11.5 Å². The number of methoxy groups -OCH3 is 3. The van der Waals surface area contributed by atoms with E-state index in [9.17, 15) is 24.0 Å². The molecule has 14 nitrogen and oxygen atoms in total. The van der Waals surface area contributed by atoms with E-state index in [0.717, 1.165) is 10.4 Å². The first-order chi connectivity index (χ1) is 28.7. The molecule has 0 saturated carbocycles. The topological polar surface area (TPSA) is 171 Å². The molecule has 5 rings (SSSR count). The van der Waals surface area contributed by atoms with Gasteiger partial charge in [-0.3, -0.25) is 14.4 Å². The lowest BCUT2D eigenvalue weighted by Crippen LogP contribution is -2.39. The van der Waals surface area contributed by atoms with E-state index in [0.29, 0.717) is 68.9 Å². The van der Waals surface area contributed by atoms with Crippen molar-refractivity contribution in [2.24, 2.45) is 0 Å². The number of fused-ring (bicyclic) bond motifs is 1. The van der Waals surface area contributed by atoms with Crippen molar-refractivity contribution in [2.75, 3.05) is 45.1 Å². The SMILES string of the molecule is CCOC(=O)c1c(NC(=O)C(CC)Sc2cccc(NC(=O)/C(=C\c3cc(OC)c(OC)cc3OC)NC(=O)c3ccccc3)c2)sc2c1CCN(C(=O)OC(C)(C)C)C2. The van der Waals surface area contributed by atoms with Crippen LogP contribution in [0.15, 0.2) is 77.3 Å². The maximum Gasteiger partial charge on any atom is 0.410 e. The van der Waals surface area contributed by atoms with Crippen LogP contribution in [-0.2, 0) is 32.0 Å². The predicted molar refractivity (Wildman–Crippen MR) is 232 cm³/mol. The van der Waals surface area contributed by atoms with Crippen molar-refractivity contribution in [3.05, 3.63) is 99.6 Å². The monoisotopic (exact) mass is 858 g/mol. The number of thiophene rings is 1. The fraction of sp³-hybridized carbons (Fsp3) is 0.341. The standard InChI is InChI=1S/C44H50N4O10S2/c1-9-35(40(51)47-41-37(42(52)57-10-2)30-19-20-48(25-36(30)60-41)43(53)58-44(3,4)5)59-29-18-14-17-28(23-29)45-39(50)31(46-38(49)26-15-12-11-13-16-26)21-27-22-33(55-7)34(56-8)24-32(27)54-6/h11-18,21-24,35H,9-10,19-20,25H2,1-8H3,(H,45,50)(H,46,49)(H,47,51)/b31-21+. The first kappa shape index (κ1) is 45.1. The van der Waals surface area contributed by atoms with Gasteiger partial charge in [0.2, 0.25) is 5.91 Å². The van der Waals surface area contributed by atoms with Crippen molar-refractivity contribution in [3.63, 3.8) is 0 Å². The highest BCUT2D eigenvalue weighted by atomic mass is 32.2. The molecule has 0 spiro atoms. The van der Waals surface area contributed by atoms with Crippen molar-refractivity contribution >= 4 is 69.6 Å². The Bertz CT molecular complexity index is 2250. The number of esters is 1. The van der Waals surface area contributed by atoms with Crippen molar-refractivity contribution < 1.29 is 47.7 Å². The number of rotatable bonds is 15. The minimum absolute atomic E-state index is 0.0801. The Balaban J connectivity index is 1.36. The summed E-state index contributed by atoms with van der Waals surface area (Å²) in [6, 6.07) is 18.7. The number of hydrogen-bond acceptors (Lipinski definition) is 12. The quantitative estimate of drug-likeness (QED) is 0.0599. The van der Waals surface area contributed by atoms with E-state index in [4.69, 9.17) is 23.7 Å². The van der Waals surface area contributed by atoms with Gasteiger partial charge < -0.3 is 44.5 Å². The average Bonchev–Trinajstić information content (AvgIpc) is 3.59. The summed E-state index contributed by atoms with van der Waals surface area (Å²) in [5.74, 6) is -0.828. The summed E-state index contributed by atoms with van der Waals surface area (Å²) in [6.45, 7) is 9.73. The zero-order chi connectivity index (χ0) is 43.6. The molecule has 1 aromatic heterocycles. The van der Waals surface area contributed by atoms with Gasteiger partial charge in [0, 0.05) is 39.2 Å². The Kier molecular flexibility index (Phi) is 15.3. The maximum atomic E-state index is 14.0. The lowest BCUT2D eigenvalue weighted by Gasteiger charge is -2.30. The smallest absolute Gasteiger partial charge is 0.410 e. The second kappa shape index (κ2) is 20.3. The summed E-state index contributed by atoms with van der Waals surface area (Å²) in [5, 5.41) is 8.35. The van der Waals surface area contributed by atoms with Crippen LogP contribution in [0.2, 0.25) is 0 Å². The number of nitrogens with zero attached hydrogens (tertiary/aromatic N) is 1. The van der Waals surface area contributed by atoms with E-state index >= 15 is 0 Å². The lowest BCUT2D eigenvalue weighted by atomic mass is 10.0. The maximum absolute atomic E-state index is 14.0. The van der Waals surface area contributed by atoms with Crippen LogP contribution in [0.1, 0.15) is 77.8 Å². The molecule has 0 fully saturated rings. The molecule has 1 atom stereocenters. The molecule has 2 heterocycles. The number of nitrogens with one attached hydrogen (secondary N) is 3. The van der Waals surface area contributed by atoms with E-state index in [2.05, 4.69) is 16.0 Å². The summed E-state index contributed by atoms with van der Waals surface area (Å²) in [6.07, 6.45) is 1.86. The fourth-order valence-electron chi connectivity index (χ4n) is 6.18. The summed E-state index contributed by atoms with van der Waals surface area (Å²) < 4.78 is 27.4. The van der Waals surface area contributed by atoms with Gasteiger partial charge in [-0.25, -0.2) is 9.59 Å². The average molecular weight is 859 g/mol. The van der Waals surface area contributed by atoms with Gasteiger partial charge in [-0.1, -0.05) is 31.2 Å². The number of amides is 4. The zero-order valence-corrected chi connectivity index (χ0v) is 36.5. The van der Waals surface area contributed by atoms with E-state index in [1.807, 2.05) is 13.0 Å². The predicted octanol–water partition coefficient (Wildman–Crippen LogP) is 8.16. The Morgan fingerprint density at radius 3 is 2.23 bits per heavy atom. The molecule has 3 N–H and O–H groups in total. The molecule has 0 saturated heterocycles. The summed E-state index contributed by atoms with van der Waals surface area (Å²) in [7, 11) is 4.45. The highest BCUT2D eigenvalue weighted by Crippen LogP contribution is 2.39. The highest BCUT2D eigenvalue weighted by molar-refractivity contribution is 8.00. The highest BCUT2D eigenvalue weighted by Gasteiger charge is 2.33. The number of thioether (sulfide) groups is 1. The molecule has 0 radical (unpaired) electrons. The van der Waals surface area contributed by atoms with Crippen LogP contribution in [0.4, 0.5) is 15.5 Å². The van der Waals surface area contributed by atoms with E-state index < -0.39 is 34.7 Å². The van der Waals surface area contributed by atoms with Crippen LogP contribution in [0.5, 0.6) is 17.2 Å². The van der Waals surface area contributed by atoms with Gasteiger partial charge >= 0.3 is 12.1 Å². The van der Waals surface area contributed by atoms with E-state index in [1.54, 1.807) is 93.3 Å². The molecule has 1 aliphatic rings. The van der Waals surface area contributed by atoms with E-state index in [-0.39, 0.29) is 24.8 Å². The lowest BCUT2D eigenvalue weighted by molar-refractivity contribution is -0.116. The molecule has 16 heteroatoms. The molecule has 1 aliphatic heterocycles. The van der Waals surface area contributed by atoms with Crippen molar-refractivity contribution in [1.82, 2.24) is 10.2 Å². The first-order valence-corrected chi connectivity index (χ1v) is 20.9. The molecular formula is C44H50N4O10S2. The molecule has 0 aliphatic carbocycles. The van der Waals surface area contributed by atoms with Gasteiger partial charge in [0.1, 0.15) is 22.0 Å². The van der Waals surface area contributed by atoms with Crippen molar-refractivity contribution in [3.8, 4) is 17.2 Å². The summed E-state index contributed by atoms with van der Waals surface area (Å²) in [4.78, 5) is 70.4. The number of carbonyl (C=O) groups excluding carboxylic acids is 5. The molecule has 4 aromatic rings. The molecule has 4 amide bonds. The first-order valence-electron chi connectivity index (χ1n) is 19.2. The van der Waals surface area contributed by atoms with Crippen molar-refractivity contribution in [1.29, 1.82) is 0 Å². The Morgan fingerprint density at radius 2 is 1.58 bits per heavy atom. The Morgan fingerprint density at radius 1 is 0.883 bits per heavy atom.